The largest absolute Gasteiger partial charge is 0.335 e. The maximum Gasteiger partial charge on any atom is 0.335 e. The minimum Gasteiger partial charge on any atom is -0.263 e. The van der Waals surface area contributed by atoms with E-state index in [9.17, 15) is 14.4 Å². The average molecular weight is 333 g/mol. The molecule has 0 spiro atoms. The first-order chi connectivity index (χ1) is 12.0. The van der Waals surface area contributed by atoms with Crippen LogP contribution in [0, 0.1) is 11.3 Å². The first kappa shape index (κ1) is 16.4. The maximum atomic E-state index is 12.6. The van der Waals surface area contributed by atoms with Crippen molar-refractivity contribution in [2.75, 3.05) is 0 Å². The van der Waals surface area contributed by atoms with Crippen molar-refractivity contribution in [3.63, 3.8) is 0 Å². The Morgan fingerprint density at radius 1 is 1.00 bits per heavy atom. The summed E-state index contributed by atoms with van der Waals surface area (Å²) in [5.41, 5.74) is 1.81. The fraction of sp³-hybridized carbons (Fsp3) is 0.158. The van der Waals surface area contributed by atoms with Gasteiger partial charge in [0.2, 0.25) is 0 Å². The normalized spacial score (nSPS) is 15.4. The summed E-state index contributed by atoms with van der Waals surface area (Å²) in [4.78, 5) is 39.1. The van der Waals surface area contributed by atoms with Gasteiger partial charge in [-0.3, -0.25) is 14.5 Å². The second-order valence-electron chi connectivity index (χ2n) is 5.75. The van der Waals surface area contributed by atoms with E-state index in [1.807, 2.05) is 24.3 Å². The highest BCUT2D eigenvalue weighted by molar-refractivity contribution is 6.44. The van der Waals surface area contributed by atoms with Gasteiger partial charge in [0, 0.05) is 0 Å². The lowest BCUT2D eigenvalue weighted by Crippen LogP contribution is -2.35. The van der Waals surface area contributed by atoms with Crippen LogP contribution in [0.2, 0.25) is 0 Å². The molecule has 0 bridgehead atoms. The van der Waals surface area contributed by atoms with Gasteiger partial charge >= 0.3 is 17.8 Å². The van der Waals surface area contributed by atoms with Crippen LogP contribution >= 0.6 is 0 Å². The van der Waals surface area contributed by atoms with Crippen molar-refractivity contribution >= 4 is 17.8 Å². The van der Waals surface area contributed by atoms with Gasteiger partial charge in [-0.05, 0) is 30.2 Å². The Bertz CT molecular complexity index is 886. The molecule has 1 aliphatic heterocycles. The van der Waals surface area contributed by atoms with E-state index in [2.05, 4.69) is 0 Å². The first-order valence-electron chi connectivity index (χ1n) is 7.76. The minimum atomic E-state index is -0.852. The standard InChI is InChI=1S/C19H15N3O3/c1-13(16-8-3-2-4-9-16)22-18(24)17(23)21(19(22)25)12-15-7-5-6-14(10-15)11-20/h2-10,13H,12H2,1H3. The molecule has 2 aromatic rings. The summed E-state index contributed by atoms with van der Waals surface area (Å²) in [6.45, 7) is 1.66. The van der Waals surface area contributed by atoms with Crippen molar-refractivity contribution in [2.45, 2.75) is 19.5 Å². The van der Waals surface area contributed by atoms with Crippen LogP contribution in [0.3, 0.4) is 0 Å². The van der Waals surface area contributed by atoms with Crippen molar-refractivity contribution < 1.29 is 14.4 Å². The second kappa shape index (κ2) is 6.57. The fourth-order valence-corrected chi connectivity index (χ4v) is 2.81. The Morgan fingerprint density at radius 2 is 1.72 bits per heavy atom. The van der Waals surface area contributed by atoms with E-state index in [0.717, 1.165) is 15.4 Å². The van der Waals surface area contributed by atoms with Crippen LogP contribution in [0.25, 0.3) is 0 Å². The molecule has 4 amide bonds. The number of rotatable bonds is 4. The first-order valence-corrected chi connectivity index (χ1v) is 7.76. The SMILES string of the molecule is CC(c1ccccc1)N1C(=O)C(=O)N(Cc2cccc(C#N)c2)C1=O. The number of carbonyl (C=O) groups is 3. The molecule has 0 aromatic heterocycles. The molecule has 0 aliphatic carbocycles. The van der Waals surface area contributed by atoms with Gasteiger partial charge in [-0.15, -0.1) is 0 Å². The number of hydrogen-bond acceptors (Lipinski definition) is 4. The molecule has 0 saturated carbocycles. The molecule has 0 N–H and O–H groups in total. The summed E-state index contributed by atoms with van der Waals surface area (Å²) in [5.74, 6) is -1.69. The third-order valence-corrected chi connectivity index (χ3v) is 4.15. The highest BCUT2D eigenvalue weighted by atomic mass is 16.2. The molecule has 25 heavy (non-hydrogen) atoms. The minimum absolute atomic E-state index is 0.0447. The Balaban J connectivity index is 1.85. The Morgan fingerprint density at radius 3 is 2.40 bits per heavy atom. The monoisotopic (exact) mass is 333 g/mol. The summed E-state index contributed by atoms with van der Waals surface area (Å²) in [7, 11) is 0. The van der Waals surface area contributed by atoms with E-state index < -0.39 is 23.9 Å². The van der Waals surface area contributed by atoms with Crippen LogP contribution in [0.5, 0.6) is 0 Å². The zero-order valence-corrected chi connectivity index (χ0v) is 13.5. The molecular weight excluding hydrogens is 318 g/mol. The van der Waals surface area contributed by atoms with E-state index in [-0.39, 0.29) is 6.54 Å². The van der Waals surface area contributed by atoms with Crippen LogP contribution in [0.1, 0.15) is 29.7 Å². The summed E-state index contributed by atoms with van der Waals surface area (Å²) < 4.78 is 0. The average Bonchev–Trinajstić information content (AvgIpc) is 2.85. The highest BCUT2D eigenvalue weighted by Gasteiger charge is 2.46. The third kappa shape index (κ3) is 3.00. The third-order valence-electron chi connectivity index (χ3n) is 4.15. The predicted octanol–water partition coefficient (Wildman–Crippen LogP) is 2.61. The molecule has 1 aliphatic rings. The van der Waals surface area contributed by atoms with Gasteiger partial charge in [0.1, 0.15) is 0 Å². The topological polar surface area (TPSA) is 81.5 Å². The molecule has 6 nitrogen and oxygen atoms in total. The quantitative estimate of drug-likeness (QED) is 0.636. The maximum absolute atomic E-state index is 12.6. The number of nitrogens with zero attached hydrogens (tertiary/aromatic N) is 3. The van der Waals surface area contributed by atoms with Crippen LogP contribution in [0.4, 0.5) is 4.79 Å². The Labute approximate surface area is 144 Å². The number of amides is 4. The fourth-order valence-electron chi connectivity index (χ4n) is 2.81. The van der Waals surface area contributed by atoms with E-state index in [1.54, 1.807) is 43.3 Å². The van der Waals surface area contributed by atoms with Crippen molar-refractivity contribution in [1.29, 1.82) is 5.26 Å². The zero-order chi connectivity index (χ0) is 18.0. The zero-order valence-electron chi connectivity index (χ0n) is 13.5. The number of benzene rings is 2. The lowest BCUT2D eigenvalue weighted by molar-refractivity contribution is -0.144. The predicted molar refractivity (Wildman–Crippen MR) is 88.8 cm³/mol. The van der Waals surface area contributed by atoms with Gasteiger partial charge in [0.05, 0.1) is 24.2 Å². The second-order valence-corrected chi connectivity index (χ2v) is 5.75. The number of imide groups is 2. The number of carbonyl (C=O) groups excluding carboxylic acids is 3. The summed E-state index contributed by atoms with van der Waals surface area (Å²) in [6.07, 6.45) is 0. The van der Waals surface area contributed by atoms with Crippen molar-refractivity contribution in [1.82, 2.24) is 9.80 Å². The molecule has 3 rings (SSSR count). The number of urea groups is 1. The smallest absolute Gasteiger partial charge is 0.263 e. The lowest BCUT2D eigenvalue weighted by Gasteiger charge is -2.22. The molecule has 6 heteroatoms. The number of hydrogen-bond donors (Lipinski definition) is 0. The summed E-state index contributed by atoms with van der Waals surface area (Å²) in [6, 6.07) is 16.5. The number of nitriles is 1. The van der Waals surface area contributed by atoms with Gasteiger partial charge in [0.25, 0.3) is 0 Å². The van der Waals surface area contributed by atoms with Crippen molar-refractivity contribution in [2.24, 2.45) is 0 Å². The van der Waals surface area contributed by atoms with Crippen LogP contribution < -0.4 is 0 Å². The molecule has 0 radical (unpaired) electrons. The molecular formula is C19H15N3O3. The molecule has 1 unspecified atom stereocenters. The molecule has 124 valence electrons. The van der Waals surface area contributed by atoms with Gasteiger partial charge in [-0.25, -0.2) is 9.69 Å². The molecule has 1 saturated heterocycles. The summed E-state index contributed by atoms with van der Waals surface area (Å²) in [5, 5.41) is 8.95. The molecule has 2 aromatic carbocycles. The van der Waals surface area contributed by atoms with Gasteiger partial charge in [-0.2, -0.15) is 5.26 Å². The Kier molecular flexibility index (Phi) is 4.31. The van der Waals surface area contributed by atoms with Crippen molar-refractivity contribution in [3.05, 3.63) is 71.3 Å². The van der Waals surface area contributed by atoms with Gasteiger partial charge in [0.15, 0.2) is 0 Å². The van der Waals surface area contributed by atoms with E-state index >= 15 is 0 Å². The van der Waals surface area contributed by atoms with Crippen molar-refractivity contribution in [3.8, 4) is 6.07 Å². The van der Waals surface area contributed by atoms with E-state index in [0.29, 0.717) is 11.1 Å². The van der Waals surface area contributed by atoms with Gasteiger partial charge in [-0.1, -0.05) is 42.5 Å². The van der Waals surface area contributed by atoms with Crippen LogP contribution in [-0.2, 0) is 16.1 Å². The summed E-state index contributed by atoms with van der Waals surface area (Å²) >= 11 is 0. The van der Waals surface area contributed by atoms with E-state index in [1.165, 1.54) is 0 Å². The molecule has 1 fully saturated rings. The van der Waals surface area contributed by atoms with E-state index in [4.69, 9.17) is 5.26 Å². The molecule has 1 heterocycles. The van der Waals surface area contributed by atoms with Crippen LogP contribution in [-0.4, -0.2) is 27.6 Å². The Hall–Kier alpha value is -3.46. The molecule has 1 atom stereocenters. The van der Waals surface area contributed by atoms with Crippen LogP contribution in [0.15, 0.2) is 54.6 Å². The lowest BCUT2D eigenvalue weighted by atomic mass is 10.1. The highest BCUT2D eigenvalue weighted by Crippen LogP contribution is 2.27. The van der Waals surface area contributed by atoms with Gasteiger partial charge < -0.3 is 0 Å².